The maximum atomic E-state index is 11.5. The van der Waals surface area contributed by atoms with E-state index in [1.54, 1.807) is 0 Å². The SMILES string of the molecule is CCOC(=O)C1C2C=CC(C2)C1N. The Bertz CT molecular complexity index is 249. The topological polar surface area (TPSA) is 52.3 Å². The summed E-state index contributed by atoms with van der Waals surface area (Å²) in [6, 6.07) is -0.0194. The lowest BCUT2D eigenvalue weighted by Crippen LogP contribution is -2.39. The van der Waals surface area contributed by atoms with Gasteiger partial charge in [-0.3, -0.25) is 4.79 Å². The minimum atomic E-state index is -0.119. The van der Waals surface area contributed by atoms with Crippen LogP contribution in [0.3, 0.4) is 0 Å². The fraction of sp³-hybridized carbons (Fsp3) is 0.700. The van der Waals surface area contributed by atoms with Crippen molar-refractivity contribution in [2.45, 2.75) is 19.4 Å². The zero-order chi connectivity index (χ0) is 9.42. The van der Waals surface area contributed by atoms with Crippen molar-refractivity contribution in [1.82, 2.24) is 0 Å². The van der Waals surface area contributed by atoms with Gasteiger partial charge in [-0.1, -0.05) is 12.2 Å². The van der Waals surface area contributed by atoms with E-state index < -0.39 is 0 Å². The molecule has 0 radical (unpaired) electrons. The van der Waals surface area contributed by atoms with Crippen LogP contribution < -0.4 is 5.73 Å². The van der Waals surface area contributed by atoms with Gasteiger partial charge in [-0.2, -0.15) is 0 Å². The minimum absolute atomic E-state index is 0.0194. The lowest BCUT2D eigenvalue weighted by atomic mass is 9.90. The normalized spacial score (nSPS) is 41.1. The van der Waals surface area contributed by atoms with Crippen molar-refractivity contribution in [3.05, 3.63) is 12.2 Å². The van der Waals surface area contributed by atoms with E-state index in [2.05, 4.69) is 12.2 Å². The number of hydrogen-bond donors (Lipinski definition) is 1. The number of esters is 1. The summed E-state index contributed by atoms with van der Waals surface area (Å²) in [4.78, 5) is 11.5. The molecule has 72 valence electrons. The fourth-order valence-electron chi connectivity index (χ4n) is 2.43. The van der Waals surface area contributed by atoms with Crippen LogP contribution in [0.5, 0.6) is 0 Å². The lowest BCUT2D eigenvalue weighted by molar-refractivity contribution is -0.149. The molecule has 4 unspecified atom stereocenters. The van der Waals surface area contributed by atoms with Crippen LogP contribution in [0, 0.1) is 17.8 Å². The zero-order valence-corrected chi connectivity index (χ0v) is 7.77. The van der Waals surface area contributed by atoms with E-state index in [-0.39, 0.29) is 17.9 Å². The van der Waals surface area contributed by atoms with Crippen LogP contribution in [0.25, 0.3) is 0 Å². The highest BCUT2D eigenvalue weighted by molar-refractivity contribution is 5.75. The Kier molecular flexibility index (Phi) is 2.12. The molecular formula is C10H15NO2. The van der Waals surface area contributed by atoms with E-state index >= 15 is 0 Å². The Labute approximate surface area is 77.9 Å². The van der Waals surface area contributed by atoms with Gasteiger partial charge in [0, 0.05) is 6.04 Å². The molecule has 0 saturated heterocycles. The third-order valence-electron chi connectivity index (χ3n) is 3.08. The summed E-state index contributed by atoms with van der Waals surface area (Å²) in [5.74, 6) is 0.528. The second kappa shape index (κ2) is 3.14. The predicted molar refractivity (Wildman–Crippen MR) is 48.8 cm³/mol. The third-order valence-corrected chi connectivity index (χ3v) is 3.08. The maximum absolute atomic E-state index is 11.5. The standard InChI is InChI=1S/C10H15NO2/c1-2-13-10(12)8-6-3-4-7(5-6)9(8)11/h3-4,6-9H,2,5,11H2,1H3. The minimum Gasteiger partial charge on any atom is -0.466 e. The lowest BCUT2D eigenvalue weighted by Gasteiger charge is -2.22. The molecule has 1 fully saturated rings. The highest BCUT2D eigenvalue weighted by Gasteiger charge is 2.46. The van der Waals surface area contributed by atoms with Crippen molar-refractivity contribution in [1.29, 1.82) is 0 Å². The number of carbonyl (C=O) groups excluding carboxylic acids is 1. The number of carbonyl (C=O) groups is 1. The van der Waals surface area contributed by atoms with E-state index in [1.807, 2.05) is 6.92 Å². The predicted octanol–water partition coefficient (Wildman–Crippen LogP) is 0.699. The number of ether oxygens (including phenoxy) is 1. The Balaban J connectivity index is 2.08. The van der Waals surface area contributed by atoms with Crippen LogP contribution in [0.4, 0.5) is 0 Å². The van der Waals surface area contributed by atoms with Gasteiger partial charge in [0.15, 0.2) is 0 Å². The van der Waals surface area contributed by atoms with Crippen molar-refractivity contribution < 1.29 is 9.53 Å². The number of nitrogens with two attached hydrogens (primary N) is 1. The molecule has 3 heteroatoms. The summed E-state index contributed by atoms with van der Waals surface area (Å²) in [6.45, 7) is 2.27. The summed E-state index contributed by atoms with van der Waals surface area (Å²) in [6.07, 6.45) is 5.27. The van der Waals surface area contributed by atoms with Crippen molar-refractivity contribution in [3.63, 3.8) is 0 Å². The highest BCUT2D eigenvalue weighted by Crippen LogP contribution is 2.43. The molecule has 13 heavy (non-hydrogen) atoms. The quantitative estimate of drug-likeness (QED) is 0.504. The molecule has 0 aromatic rings. The fourth-order valence-corrected chi connectivity index (χ4v) is 2.43. The van der Waals surface area contributed by atoms with Crippen molar-refractivity contribution in [3.8, 4) is 0 Å². The number of allylic oxidation sites excluding steroid dienone is 1. The Hall–Kier alpha value is -0.830. The van der Waals surface area contributed by atoms with E-state index in [1.165, 1.54) is 0 Å². The third kappa shape index (κ3) is 1.27. The molecule has 2 aliphatic rings. The van der Waals surface area contributed by atoms with E-state index in [0.717, 1.165) is 6.42 Å². The molecule has 3 nitrogen and oxygen atoms in total. The molecule has 0 spiro atoms. The largest absolute Gasteiger partial charge is 0.466 e. The van der Waals surface area contributed by atoms with Gasteiger partial charge in [0.1, 0.15) is 0 Å². The summed E-state index contributed by atoms with van der Waals surface area (Å²) < 4.78 is 5.00. The first-order chi connectivity index (χ1) is 6.24. The van der Waals surface area contributed by atoms with Gasteiger partial charge in [-0.15, -0.1) is 0 Å². The molecule has 0 aromatic carbocycles. The van der Waals surface area contributed by atoms with Gasteiger partial charge in [-0.25, -0.2) is 0 Å². The van der Waals surface area contributed by atoms with Crippen LogP contribution in [0.2, 0.25) is 0 Å². The van der Waals surface area contributed by atoms with Gasteiger partial charge >= 0.3 is 5.97 Å². The smallest absolute Gasteiger partial charge is 0.311 e. The summed E-state index contributed by atoms with van der Waals surface area (Å²) >= 11 is 0. The zero-order valence-electron chi connectivity index (χ0n) is 7.77. The van der Waals surface area contributed by atoms with E-state index in [4.69, 9.17) is 10.5 Å². The molecule has 0 aliphatic heterocycles. The number of hydrogen-bond acceptors (Lipinski definition) is 3. The second-order valence-corrected chi connectivity index (χ2v) is 3.80. The average Bonchev–Trinajstić information content (AvgIpc) is 2.63. The molecule has 2 aliphatic carbocycles. The summed E-state index contributed by atoms with van der Waals surface area (Å²) in [5.41, 5.74) is 5.94. The van der Waals surface area contributed by atoms with Gasteiger partial charge in [0.05, 0.1) is 12.5 Å². The Morgan fingerprint density at radius 2 is 2.23 bits per heavy atom. The highest BCUT2D eigenvalue weighted by atomic mass is 16.5. The van der Waals surface area contributed by atoms with Crippen molar-refractivity contribution in [2.24, 2.45) is 23.5 Å². The van der Waals surface area contributed by atoms with Crippen LogP contribution in [0.15, 0.2) is 12.2 Å². The number of fused-ring (bicyclic) bond motifs is 2. The van der Waals surface area contributed by atoms with E-state index in [0.29, 0.717) is 18.4 Å². The monoisotopic (exact) mass is 181 g/mol. The van der Waals surface area contributed by atoms with Gasteiger partial charge in [0.25, 0.3) is 0 Å². The molecule has 2 N–H and O–H groups in total. The van der Waals surface area contributed by atoms with Crippen LogP contribution in [-0.2, 0) is 9.53 Å². The molecule has 0 aromatic heterocycles. The summed E-state index contributed by atoms with van der Waals surface area (Å²) in [7, 11) is 0. The molecule has 0 heterocycles. The summed E-state index contributed by atoms with van der Waals surface area (Å²) in [5, 5.41) is 0. The van der Waals surface area contributed by atoms with Crippen LogP contribution in [-0.4, -0.2) is 18.6 Å². The molecular weight excluding hydrogens is 166 g/mol. The molecule has 2 bridgehead atoms. The number of rotatable bonds is 2. The molecule has 2 rings (SSSR count). The average molecular weight is 181 g/mol. The maximum Gasteiger partial charge on any atom is 0.311 e. The first-order valence-corrected chi connectivity index (χ1v) is 4.84. The van der Waals surface area contributed by atoms with Crippen LogP contribution in [0.1, 0.15) is 13.3 Å². The van der Waals surface area contributed by atoms with Crippen molar-refractivity contribution in [2.75, 3.05) is 6.61 Å². The first-order valence-electron chi connectivity index (χ1n) is 4.84. The molecule has 1 saturated carbocycles. The Morgan fingerprint density at radius 3 is 2.77 bits per heavy atom. The van der Waals surface area contributed by atoms with Gasteiger partial charge < -0.3 is 10.5 Å². The van der Waals surface area contributed by atoms with E-state index in [9.17, 15) is 4.79 Å². The second-order valence-electron chi connectivity index (χ2n) is 3.80. The van der Waals surface area contributed by atoms with Crippen molar-refractivity contribution >= 4 is 5.97 Å². The van der Waals surface area contributed by atoms with Gasteiger partial charge in [0.2, 0.25) is 0 Å². The van der Waals surface area contributed by atoms with Crippen LogP contribution >= 0.6 is 0 Å². The first kappa shape index (κ1) is 8.75. The molecule has 0 amide bonds. The Morgan fingerprint density at radius 1 is 1.54 bits per heavy atom. The van der Waals surface area contributed by atoms with Gasteiger partial charge in [-0.05, 0) is 25.2 Å². The molecule has 4 atom stereocenters.